The first-order valence-corrected chi connectivity index (χ1v) is 5.48. The molecule has 1 N–H and O–H groups in total. The summed E-state index contributed by atoms with van der Waals surface area (Å²) in [7, 11) is 0. The summed E-state index contributed by atoms with van der Waals surface area (Å²) in [5.41, 5.74) is -0.133. The van der Waals surface area contributed by atoms with E-state index in [0.29, 0.717) is 18.5 Å². The third-order valence-electron chi connectivity index (χ3n) is 2.30. The number of benzene rings is 1. The third kappa shape index (κ3) is 4.11. The molecule has 0 spiro atoms. The van der Waals surface area contributed by atoms with Gasteiger partial charge in [0.15, 0.2) is 0 Å². The lowest BCUT2D eigenvalue weighted by atomic mass is 10.1. The van der Waals surface area contributed by atoms with Crippen LogP contribution >= 0.6 is 0 Å². The fourth-order valence-electron chi connectivity index (χ4n) is 1.47. The van der Waals surface area contributed by atoms with Crippen LogP contribution in [0.5, 0.6) is 0 Å². The number of nitro groups is 1. The maximum absolute atomic E-state index is 13.7. The van der Waals surface area contributed by atoms with Crippen LogP contribution in [-0.2, 0) is 6.42 Å². The van der Waals surface area contributed by atoms with Gasteiger partial charge in [-0.15, -0.1) is 0 Å². The van der Waals surface area contributed by atoms with Crippen LogP contribution in [0.15, 0.2) is 18.2 Å². The van der Waals surface area contributed by atoms with E-state index in [1.54, 1.807) is 6.07 Å². The van der Waals surface area contributed by atoms with E-state index in [1.807, 2.05) is 20.8 Å². The van der Waals surface area contributed by atoms with Crippen LogP contribution in [0.2, 0.25) is 0 Å². The van der Waals surface area contributed by atoms with Crippen molar-refractivity contribution in [3.8, 4) is 0 Å². The largest absolute Gasteiger partial charge is 0.312 e. The lowest BCUT2D eigenvalue weighted by molar-refractivity contribution is -0.387. The summed E-state index contributed by atoms with van der Waals surface area (Å²) in [6, 6.07) is 4.26. The maximum Gasteiger partial charge on any atom is 0.305 e. The van der Waals surface area contributed by atoms with Crippen molar-refractivity contribution in [1.82, 2.24) is 5.32 Å². The molecule has 1 rings (SSSR count). The van der Waals surface area contributed by atoms with Crippen molar-refractivity contribution < 1.29 is 9.31 Å². The van der Waals surface area contributed by atoms with Crippen molar-refractivity contribution in [3.05, 3.63) is 39.7 Å². The minimum Gasteiger partial charge on any atom is -0.312 e. The summed E-state index contributed by atoms with van der Waals surface area (Å²) in [5, 5.41) is 13.8. The van der Waals surface area contributed by atoms with Crippen molar-refractivity contribution in [3.63, 3.8) is 0 Å². The highest BCUT2D eigenvalue weighted by Gasteiger charge is 2.17. The quantitative estimate of drug-likeness (QED) is 0.650. The molecule has 94 valence electrons. The smallest absolute Gasteiger partial charge is 0.305 e. The number of hydrogen-bond donors (Lipinski definition) is 1. The number of nitrogens with zero attached hydrogens (tertiary/aromatic N) is 1. The van der Waals surface area contributed by atoms with E-state index in [0.717, 1.165) is 0 Å². The molecule has 0 aliphatic heterocycles. The first-order chi connectivity index (χ1) is 7.81. The van der Waals surface area contributed by atoms with Crippen LogP contribution in [0.1, 0.15) is 26.3 Å². The molecule has 17 heavy (non-hydrogen) atoms. The molecule has 0 heterocycles. The topological polar surface area (TPSA) is 55.2 Å². The molecule has 0 aliphatic carbocycles. The van der Waals surface area contributed by atoms with Crippen molar-refractivity contribution in [1.29, 1.82) is 0 Å². The molecule has 0 fully saturated rings. The van der Waals surface area contributed by atoms with Gasteiger partial charge in [-0.1, -0.05) is 12.1 Å². The highest BCUT2D eigenvalue weighted by molar-refractivity contribution is 5.36. The van der Waals surface area contributed by atoms with Crippen LogP contribution in [0.3, 0.4) is 0 Å². The Morgan fingerprint density at radius 1 is 1.41 bits per heavy atom. The summed E-state index contributed by atoms with van der Waals surface area (Å²) in [6.07, 6.45) is 0.435. The minimum atomic E-state index is -0.729. The molecule has 4 nitrogen and oxygen atoms in total. The number of nitro benzene ring substituents is 1. The molecule has 0 radical (unpaired) electrons. The summed E-state index contributed by atoms with van der Waals surface area (Å²) >= 11 is 0. The Kier molecular flexibility index (Phi) is 4.17. The van der Waals surface area contributed by atoms with E-state index >= 15 is 0 Å². The zero-order valence-corrected chi connectivity index (χ0v) is 10.3. The summed E-state index contributed by atoms with van der Waals surface area (Å²) in [5.74, 6) is -0.729. The van der Waals surface area contributed by atoms with E-state index in [1.165, 1.54) is 12.1 Å². The molecule has 5 heteroatoms. The van der Waals surface area contributed by atoms with E-state index < -0.39 is 16.4 Å². The Morgan fingerprint density at radius 3 is 2.59 bits per heavy atom. The average Bonchev–Trinajstić information content (AvgIpc) is 2.18. The second kappa shape index (κ2) is 5.23. The zero-order chi connectivity index (χ0) is 13.1. The highest BCUT2D eigenvalue weighted by atomic mass is 19.1. The van der Waals surface area contributed by atoms with Gasteiger partial charge in [-0.25, -0.2) is 0 Å². The molecule has 0 saturated carbocycles. The first kappa shape index (κ1) is 13.6. The minimum absolute atomic E-state index is 0.0445. The van der Waals surface area contributed by atoms with Gasteiger partial charge >= 0.3 is 5.69 Å². The first-order valence-electron chi connectivity index (χ1n) is 5.48. The summed E-state index contributed by atoms with van der Waals surface area (Å²) < 4.78 is 13.7. The number of rotatable bonds is 4. The molecule has 0 atom stereocenters. The Morgan fingerprint density at radius 2 is 2.06 bits per heavy atom. The molecular weight excluding hydrogens is 223 g/mol. The fourth-order valence-corrected chi connectivity index (χ4v) is 1.47. The van der Waals surface area contributed by atoms with Gasteiger partial charge in [0.05, 0.1) is 4.92 Å². The Balaban J connectivity index is 2.72. The fraction of sp³-hybridized carbons (Fsp3) is 0.500. The third-order valence-corrected chi connectivity index (χ3v) is 2.30. The lowest BCUT2D eigenvalue weighted by Gasteiger charge is -2.20. The van der Waals surface area contributed by atoms with Crippen molar-refractivity contribution in [2.45, 2.75) is 32.7 Å². The number of hydrogen-bond acceptors (Lipinski definition) is 3. The normalized spacial score (nSPS) is 11.5. The molecule has 0 saturated heterocycles. The van der Waals surface area contributed by atoms with Crippen molar-refractivity contribution in [2.24, 2.45) is 0 Å². The van der Waals surface area contributed by atoms with Crippen molar-refractivity contribution in [2.75, 3.05) is 6.54 Å². The monoisotopic (exact) mass is 240 g/mol. The van der Waals surface area contributed by atoms with Gasteiger partial charge in [0.2, 0.25) is 5.82 Å². The summed E-state index contributed by atoms with van der Waals surface area (Å²) in [6.45, 7) is 6.62. The SMILES string of the molecule is CC(C)(C)NCCc1cccc([N+](=O)[O-])c1F. The van der Waals surface area contributed by atoms with Gasteiger partial charge < -0.3 is 5.32 Å². The molecule has 0 unspecified atom stereocenters. The summed E-state index contributed by atoms with van der Waals surface area (Å²) in [4.78, 5) is 9.86. The number of nitrogens with one attached hydrogen (secondary N) is 1. The molecule has 1 aromatic carbocycles. The Bertz CT molecular complexity index is 413. The van der Waals surface area contributed by atoms with Gasteiger partial charge in [-0.2, -0.15) is 4.39 Å². The van der Waals surface area contributed by atoms with Crippen LogP contribution in [-0.4, -0.2) is 17.0 Å². The predicted molar refractivity (Wildman–Crippen MR) is 64.5 cm³/mol. The van der Waals surface area contributed by atoms with Gasteiger partial charge in [0.25, 0.3) is 0 Å². The predicted octanol–water partition coefficient (Wildman–Crippen LogP) is 2.66. The van der Waals surface area contributed by atoms with Gasteiger partial charge in [0.1, 0.15) is 0 Å². The second-order valence-corrected chi connectivity index (χ2v) is 4.93. The molecule has 1 aromatic rings. The Labute approximate surface area is 100.0 Å². The van der Waals surface area contributed by atoms with E-state index in [2.05, 4.69) is 5.32 Å². The standard InChI is InChI=1S/C12H17FN2O2/c1-12(2,3)14-8-7-9-5-4-6-10(11(9)13)15(16)17/h4-6,14H,7-8H2,1-3H3. The molecule has 0 amide bonds. The van der Waals surface area contributed by atoms with E-state index in [9.17, 15) is 14.5 Å². The van der Waals surface area contributed by atoms with Crippen LogP contribution in [0.25, 0.3) is 0 Å². The van der Waals surface area contributed by atoms with Crippen molar-refractivity contribution >= 4 is 5.69 Å². The van der Waals surface area contributed by atoms with Crippen LogP contribution in [0.4, 0.5) is 10.1 Å². The number of halogens is 1. The zero-order valence-electron chi connectivity index (χ0n) is 10.3. The average molecular weight is 240 g/mol. The van der Waals surface area contributed by atoms with Gasteiger partial charge in [-0.05, 0) is 39.3 Å². The lowest BCUT2D eigenvalue weighted by Crippen LogP contribution is -2.37. The molecule has 0 aliphatic rings. The molecule has 0 aromatic heterocycles. The van der Waals surface area contributed by atoms with Crippen LogP contribution in [0, 0.1) is 15.9 Å². The van der Waals surface area contributed by atoms with Gasteiger partial charge in [0, 0.05) is 11.6 Å². The van der Waals surface area contributed by atoms with E-state index in [4.69, 9.17) is 0 Å². The second-order valence-electron chi connectivity index (χ2n) is 4.93. The van der Waals surface area contributed by atoms with Gasteiger partial charge in [-0.3, -0.25) is 10.1 Å². The molecular formula is C12H17FN2O2. The van der Waals surface area contributed by atoms with Crippen LogP contribution < -0.4 is 5.32 Å². The highest BCUT2D eigenvalue weighted by Crippen LogP contribution is 2.20. The maximum atomic E-state index is 13.7. The Hall–Kier alpha value is -1.49. The molecule has 0 bridgehead atoms. The van der Waals surface area contributed by atoms with E-state index in [-0.39, 0.29) is 5.54 Å².